The van der Waals surface area contributed by atoms with Crippen molar-refractivity contribution in [1.82, 2.24) is 0 Å². The molecule has 1 heteroatoms. The van der Waals surface area contributed by atoms with Gasteiger partial charge in [-0.25, -0.2) is 24.3 Å². The summed E-state index contributed by atoms with van der Waals surface area (Å²) >= 11 is 0. The van der Waals surface area contributed by atoms with Crippen molar-refractivity contribution in [3.05, 3.63) is 103 Å². The monoisotopic (exact) mass is 312 g/mol. The molecule has 0 saturated carbocycles. The van der Waals surface area contributed by atoms with Gasteiger partial charge in [-0.3, -0.25) is 0 Å². The molecule has 0 bridgehead atoms. The largest absolute Gasteiger partial charge is 4.00 e. The van der Waals surface area contributed by atoms with Crippen LogP contribution in [0, 0.1) is 6.92 Å². The molecule has 0 radical (unpaired) electrons. The molecule has 3 rings (SSSR count). The Morgan fingerprint density at radius 1 is 0.667 bits per heavy atom. The van der Waals surface area contributed by atoms with Gasteiger partial charge in [-0.2, -0.15) is 61.0 Å². The van der Waals surface area contributed by atoms with Crippen LogP contribution in [0.2, 0.25) is 0 Å². The zero-order valence-electron chi connectivity index (χ0n) is 11.4. The van der Waals surface area contributed by atoms with Gasteiger partial charge in [0.25, 0.3) is 0 Å². The first-order valence-electron chi connectivity index (χ1n) is 5.60. The van der Waals surface area contributed by atoms with E-state index in [1.807, 2.05) is 91.0 Å². The van der Waals surface area contributed by atoms with Crippen LogP contribution in [-0.2, 0) is 26.2 Å². The van der Waals surface area contributed by atoms with Gasteiger partial charge in [-0.1, -0.05) is 6.07 Å². The quantitative estimate of drug-likeness (QED) is 0.523. The summed E-state index contributed by atoms with van der Waals surface area (Å²) in [5, 5.41) is 0. The fraction of sp³-hybridized carbons (Fsp3) is 0. The molecule has 0 spiro atoms. The van der Waals surface area contributed by atoms with Crippen molar-refractivity contribution in [3.8, 4) is 0 Å². The Bertz CT molecular complexity index is 369. The van der Waals surface area contributed by atoms with Crippen LogP contribution in [0.15, 0.2) is 91.0 Å². The van der Waals surface area contributed by atoms with Gasteiger partial charge in [0.2, 0.25) is 0 Å². The summed E-state index contributed by atoms with van der Waals surface area (Å²) in [4.78, 5) is 0. The second kappa shape index (κ2) is 12.1. The van der Waals surface area contributed by atoms with E-state index in [9.17, 15) is 0 Å². The molecule has 0 heterocycles. The van der Waals surface area contributed by atoms with E-state index in [4.69, 9.17) is 0 Å². The number of hydrogen-bond donors (Lipinski definition) is 0. The van der Waals surface area contributed by atoms with Crippen molar-refractivity contribution in [3.63, 3.8) is 0 Å². The molecule has 18 heavy (non-hydrogen) atoms. The molecule has 0 N–H and O–H groups in total. The van der Waals surface area contributed by atoms with Gasteiger partial charge in [-0.05, 0) is 0 Å². The van der Waals surface area contributed by atoms with Crippen LogP contribution in [0.5, 0.6) is 0 Å². The predicted octanol–water partition coefficient (Wildman–Crippen LogP) is 4.79. The summed E-state index contributed by atoms with van der Waals surface area (Å²) in [6, 6.07) is 29.9. The van der Waals surface area contributed by atoms with Crippen molar-refractivity contribution < 1.29 is 27.6 Å². The predicted molar refractivity (Wildman–Crippen MR) is 76.1 cm³/mol. The first kappa shape index (κ1) is 16.7. The van der Waals surface area contributed by atoms with E-state index >= 15 is 0 Å². The molecule has 0 saturated heterocycles. The van der Waals surface area contributed by atoms with Crippen molar-refractivity contribution in [2.24, 2.45) is 0 Å². The molecular formula is C17H18Zr. The van der Waals surface area contributed by atoms with Crippen LogP contribution in [0.25, 0.3) is 0 Å². The minimum atomic E-state index is 0. The Morgan fingerprint density at radius 2 is 1.06 bits per heavy atom. The van der Waals surface area contributed by atoms with E-state index in [0.29, 0.717) is 0 Å². The number of rotatable bonds is 0. The van der Waals surface area contributed by atoms with Crippen molar-refractivity contribution in [2.75, 3.05) is 0 Å². The Labute approximate surface area is 131 Å². The van der Waals surface area contributed by atoms with Crippen LogP contribution >= 0.6 is 0 Å². The van der Waals surface area contributed by atoms with Crippen LogP contribution in [0.4, 0.5) is 0 Å². The topological polar surface area (TPSA) is 0 Å². The Morgan fingerprint density at radius 3 is 1.22 bits per heavy atom. The molecule has 3 aromatic rings. The third-order valence-electron chi connectivity index (χ3n) is 1.95. The van der Waals surface area contributed by atoms with E-state index < -0.39 is 0 Å². The summed E-state index contributed by atoms with van der Waals surface area (Å²) < 4.78 is 0. The maximum atomic E-state index is 3.72. The molecule has 0 fully saturated rings. The van der Waals surface area contributed by atoms with E-state index in [0.717, 1.165) is 5.56 Å². The molecule has 0 aliphatic rings. The second-order valence-electron chi connectivity index (χ2n) is 3.41. The van der Waals surface area contributed by atoms with E-state index in [1.165, 1.54) is 0 Å². The molecule has 0 aliphatic heterocycles. The molecule has 0 unspecified atom stereocenters. The molecule has 0 atom stereocenters. The second-order valence-corrected chi connectivity index (χ2v) is 3.41. The van der Waals surface area contributed by atoms with Gasteiger partial charge in [-0.15, -0.1) is 12.1 Å². The van der Waals surface area contributed by atoms with Crippen LogP contribution in [0.3, 0.4) is 0 Å². The molecule has 3 aromatic carbocycles. The third kappa shape index (κ3) is 9.87. The third-order valence-corrected chi connectivity index (χ3v) is 1.95. The SMILES string of the molecule is [CH2-]c1ccccc1.[H-].[Zr+4].c1cc[cH-]c1.c1cc[cH-]c1. The minimum Gasteiger partial charge on any atom is -1.00 e. The van der Waals surface area contributed by atoms with Crippen molar-refractivity contribution in [1.29, 1.82) is 0 Å². The van der Waals surface area contributed by atoms with E-state index in [-0.39, 0.29) is 27.6 Å². The van der Waals surface area contributed by atoms with Gasteiger partial charge < -0.3 is 1.43 Å². The smallest absolute Gasteiger partial charge is 1.00 e. The Kier molecular flexibility index (Phi) is 11.2. The summed E-state index contributed by atoms with van der Waals surface area (Å²) in [6.45, 7) is 3.72. The number of hydrogen-bond acceptors (Lipinski definition) is 0. The molecule has 0 aromatic heterocycles. The van der Waals surface area contributed by atoms with Gasteiger partial charge in [0.15, 0.2) is 0 Å². The van der Waals surface area contributed by atoms with Crippen LogP contribution in [0.1, 0.15) is 6.99 Å². The fourth-order valence-corrected chi connectivity index (χ4v) is 1.12. The summed E-state index contributed by atoms with van der Waals surface area (Å²) in [5.41, 5.74) is 1.07. The first-order valence-corrected chi connectivity index (χ1v) is 5.60. The van der Waals surface area contributed by atoms with E-state index in [2.05, 4.69) is 6.92 Å². The van der Waals surface area contributed by atoms with Gasteiger partial charge in [0, 0.05) is 0 Å². The molecule has 0 amide bonds. The van der Waals surface area contributed by atoms with Crippen molar-refractivity contribution in [2.45, 2.75) is 0 Å². The standard InChI is InChI=1S/C7H7.2C5H5.Zr.H/c1-7-5-3-2-4-6-7;2*1-2-4-5-3-1;;/h2-6H,1H2;2*1-5H;;/q3*-1;+4;-1. The maximum absolute atomic E-state index is 3.72. The molecule has 0 nitrogen and oxygen atoms in total. The number of benzene rings is 1. The zero-order valence-corrected chi connectivity index (χ0v) is 12.8. The summed E-state index contributed by atoms with van der Waals surface area (Å²) in [6.07, 6.45) is 0. The van der Waals surface area contributed by atoms with Gasteiger partial charge in [0.05, 0.1) is 0 Å². The molecular weight excluding hydrogens is 295 g/mol. The Balaban J connectivity index is 0. The first-order chi connectivity index (χ1) is 8.39. The van der Waals surface area contributed by atoms with Gasteiger partial charge in [0.1, 0.15) is 0 Å². The summed E-state index contributed by atoms with van der Waals surface area (Å²) in [7, 11) is 0. The average molecular weight is 314 g/mol. The normalized spacial score (nSPS) is 7.78. The Hall–Kier alpha value is -1.33. The maximum Gasteiger partial charge on any atom is 4.00 e. The zero-order chi connectivity index (χ0) is 12.2. The van der Waals surface area contributed by atoms with E-state index in [1.54, 1.807) is 0 Å². The van der Waals surface area contributed by atoms with Crippen LogP contribution in [-0.4, -0.2) is 0 Å². The molecule has 0 aliphatic carbocycles. The minimum absolute atomic E-state index is 0. The van der Waals surface area contributed by atoms with Crippen molar-refractivity contribution >= 4 is 0 Å². The average Bonchev–Trinajstić information content (AvgIpc) is 3.09. The summed E-state index contributed by atoms with van der Waals surface area (Å²) in [5.74, 6) is 0. The molecule has 90 valence electrons. The fourth-order valence-electron chi connectivity index (χ4n) is 1.12. The van der Waals surface area contributed by atoms with Crippen LogP contribution < -0.4 is 0 Å². The van der Waals surface area contributed by atoms with Gasteiger partial charge >= 0.3 is 26.2 Å².